The Morgan fingerprint density at radius 1 is 0.889 bits per heavy atom. The van der Waals surface area contributed by atoms with Crippen LogP contribution in [0.25, 0.3) is 0 Å². The van der Waals surface area contributed by atoms with E-state index in [0.717, 1.165) is 17.8 Å². The Balaban J connectivity index is 1.96. The molecule has 0 bridgehead atoms. The third-order valence-corrected chi connectivity index (χ3v) is 5.10. The molecule has 0 aliphatic heterocycles. The van der Waals surface area contributed by atoms with Crippen LogP contribution >= 0.6 is 11.3 Å². The zero-order chi connectivity index (χ0) is 12.7. The number of aromatic nitrogens is 1. The van der Waals surface area contributed by atoms with Gasteiger partial charge in [-0.3, -0.25) is 0 Å². The molecule has 18 heavy (non-hydrogen) atoms. The molecule has 0 saturated heterocycles. The third-order valence-electron chi connectivity index (χ3n) is 4.10. The molecule has 0 aromatic carbocycles. The molecule has 2 N–H and O–H groups in total. The molecule has 0 radical (unpaired) electrons. The van der Waals surface area contributed by atoms with Gasteiger partial charge in [0, 0.05) is 11.6 Å². The van der Waals surface area contributed by atoms with Gasteiger partial charge in [0.2, 0.25) is 0 Å². The highest BCUT2D eigenvalue weighted by Gasteiger charge is 2.28. The summed E-state index contributed by atoms with van der Waals surface area (Å²) >= 11 is 1.73. The van der Waals surface area contributed by atoms with Crippen LogP contribution in [0.1, 0.15) is 75.6 Å². The van der Waals surface area contributed by atoms with E-state index in [2.05, 4.69) is 10.4 Å². The Bertz CT molecular complexity index is 309. The number of rotatable bonds is 1. The summed E-state index contributed by atoms with van der Waals surface area (Å²) in [6.45, 7) is 0. The van der Waals surface area contributed by atoms with Crippen molar-refractivity contribution < 1.29 is 0 Å². The molecule has 0 spiro atoms. The Kier molecular flexibility index (Phi) is 5.64. The second-order valence-electron chi connectivity index (χ2n) is 5.68. The fraction of sp³-hybridized carbons (Fsp3) is 0.800. The number of thiazole rings is 1. The first kappa shape index (κ1) is 14.0. The maximum absolute atomic E-state index is 6.65. The van der Waals surface area contributed by atoms with Crippen molar-refractivity contribution in [1.29, 1.82) is 0 Å². The highest BCUT2D eigenvalue weighted by molar-refractivity contribution is 7.09. The highest BCUT2D eigenvalue weighted by atomic mass is 32.1. The summed E-state index contributed by atoms with van der Waals surface area (Å²) in [6, 6.07) is 0. The smallest absolute Gasteiger partial charge is 0.112 e. The van der Waals surface area contributed by atoms with E-state index < -0.39 is 0 Å². The van der Waals surface area contributed by atoms with Gasteiger partial charge in [0.05, 0.1) is 5.54 Å². The standard InChI is InChI=1S/C15H26N2S/c16-15(14-17-12-13-18-14)10-8-6-4-2-1-3-5-7-9-11-15/h12-13H,1-11,16H2. The largest absolute Gasteiger partial charge is 0.319 e. The molecule has 3 heteroatoms. The van der Waals surface area contributed by atoms with Gasteiger partial charge in [-0.2, -0.15) is 0 Å². The lowest BCUT2D eigenvalue weighted by molar-refractivity contribution is 0.337. The first-order valence-electron chi connectivity index (χ1n) is 7.50. The van der Waals surface area contributed by atoms with Gasteiger partial charge in [0.15, 0.2) is 0 Å². The summed E-state index contributed by atoms with van der Waals surface area (Å²) in [5.41, 5.74) is 6.51. The van der Waals surface area contributed by atoms with Gasteiger partial charge in [-0.05, 0) is 12.8 Å². The molecule has 2 rings (SSSR count). The lowest BCUT2D eigenvalue weighted by Gasteiger charge is -2.28. The molecule has 0 unspecified atom stereocenters. The van der Waals surface area contributed by atoms with Crippen LogP contribution in [0.15, 0.2) is 11.6 Å². The Morgan fingerprint density at radius 2 is 1.39 bits per heavy atom. The lowest BCUT2D eigenvalue weighted by Crippen LogP contribution is -2.36. The molecular weight excluding hydrogens is 240 g/mol. The topological polar surface area (TPSA) is 38.9 Å². The van der Waals surface area contributed by atoms with Crippen molar-refractivity contribution >= 4 is 11.3 Å². The van der Waals surface area contributed by atoms with Crippen molar-refractivity contribution in [3.8, 4) is 0 Å². The minimum Gasteiger partial charge on any atom is -0.319 e. The van der Waals surface area contributed by atoms with Gasteiger partial charge in [0.1, 0.15) is 5.01 Å². The van der Waals surface area contributed by atoms with Gasteiger partial charge in [-0.15, -0.1) is 11.3 Å². The Hall–Kier alpha value is -0.410. The molecule has 0 amide bonds. The average Bonchev–Trinajstić information content (AvgIpc) is 2.88. The van der Waals surface area contributed by atoms with E-state index in [1.165, 1.54) is 57.8 Å². The van der Waals surface area contributed by atoms with E-state index >= 15 is 0 Å². The van der Waals surface area contributed by atoms with Crippen molar-refractivity contribution in [2.75, 3.05) is 0 Å². The van der Waals surface area contributed by atoms with Gasteiger partial charge in [-0.1, -0.05) is 57.8 Å². The summed E-state index contributed by atoms with van der Waals surface area (Å²) in [5, 5.41) is 3.21. The number of hydrogen-bond donors (Lipinski definition) is 1. The van der Waals surface area contributed by atoms with Crippen LogP contribution in [0.4, 0.5) is 0 Å². The van der Waals surface area contributed by atoms with Crippen LogP contribution in [-0.2, 0) is 5.54 Å². The second kappa shape index (κ2) is 7.25. The molecule has 2 nitrogen and oxygen atoms in total. The van der Waals surface area contributed by atoms with Crippen LogP contribution in [-0.4, -0.2) is 4.98 Å². The summed E-state index contributed by atoms with van der Waals surface area (Å²) in [4.78, 5) is 4.47. The zero-order valence-corrected chi connectivity index (χ0v) is 12.2. The summed E-state index contributed by atoms with van der Waals surface area (Å²) < 4.78 is 0. The lowest BCUT2D eigenvalue weighted by atomic mass is 9.87. The molecule has 0 atom stereocenters. The van der Waals surface area contributed by atoms with Crippen molar-refractivity contribution in [3.05, 3.63) is 16.6 Å². The summed E-state index contributed by atoms with van der Waals surface area (Å²) in [6.07, 6.45) is 16.3. The normalized spacial score (nSPS) is 22.9. The quantitative estimate of drug-likeness (QED) is 0.806. The van der Waals surface area contributed by atoms with E-state index in [4.69, 9.17) is 5.73 Å². The van der Waals surface area contributed by atoms with Gasteiger partial charge in [0.25, 0.3) is 0 Å². The Morgan fingerprint density at radius 3 is 1.83 bits per heavy atom. The molecular formula is C15H26N2S. The van der Waals surface area contributed by atoms with E-state index in [0.29, 0.717) is 0 Å². The molecule has 102 valence electrons. The maximum Gasteiger partial charge on any atom is 0.112 e. The van der Waals surface area contributed by atoms with Crippen molar-refractivity contribution in [2.24, 2.45) is 5.73 Å². The first-order chi connectivity index (χ1) is 8.81. The van der Waals surface area contributed by atoms with Gasteiger partial charge < -0.3 is 5.73 Å². The molecule has 1 aromatic heterocycles. The van der Waals surface area contributed by atoms with Crippen molar-refractivity contribution in [1.82, 2.24) is 4.98 Å². The Labute approximate surface area is 115 Å². The van der Waals surface area contributed by atoms with Crippen molar-refractivity contribution in [2.45, 2.75) is 76.2 Å². The van der Waals surface area contributed by atoms with E-state index in [-0.39, 0.29) is 5.54 Å². The third kappa shape index (κ3) is 4.06. The van der Waals surface area contributed by atoms with E-state index in [1.54, 1.807) is 11.3 Å². The van der Waals surface area contributed by atoms with Crippen LogP contribution < -0.4 is 5.73 Å². The van der Waals surface area contributed by atoms with Gasteiger partial charge in [-0.25, -0.2) is 4.98 Å². The maximum atomic E-state index is 6.65. The van der Waals surface area contributed by atoms with Gasteiger partial charge >= 0.3 is 0 Å². The zero-order valence-electron chi connectivity index (χ0n) is 11.4. The monoisotopic (exact) mass is 266 g/mol. The number of hydrogen-bond acceptors (Lipinski definition) is 3. The molecule has 1 heterocycles. The van der Waals surface area contributed by atoms with Crippen LogP contribution in [0.2, 0.25) is 0 Å². The molecule has 1 aromatic rings. The van der Waals surface area contributed by atoms with E-state index in [9.17, 15) is 0 Å². The number of nitrogens with two attached hydrogens (primary N) is 1. The first-order valence-corrected chi connectivity index (χ1v) is 8.38. The molecule has 1 aliphatic rings. The highest BCUT2D eigenvalue weighted by Crippen LogP contribution is 2.32. The van der Waals surface area contributed by atoms with Crippen molar-refractivity contribution in [3.63, 3.8) is 0 Å². The predicted octanol–water partition coefficient (Wildman–Crippen LogP) is 4.60. The van der Waals surface area contributed by atoms with Crippen LogP contribution in [0.5, 0.6) is 0 Å². The second-order valence-corrected chi connectivity index (χ2v) is 6.57. The molecule has 1 fully saturated rings. The SMILES string of the molecule is NC1(c2nccs2)CCCCCCCCCCC1. The van der Waals surface area contributed by atoms with Crippen LogP contribution in [0.3, 0.4) is 0 Å². The fourth-order valence-electron chi connectivity index (χ4n) is 2.93. The van der Waals surface area contributed by atoms with Crippen LogP contribution in [0, 0.1) is 0 Å². The average molecular weight is 266 g/mol. The molecule has 1 aliphatic carbocycles. The van der Waals surface area contributed by atoms with E-state index in [1.807, 2.05) is 6.20 Å². The number of nitrogens with zero attached hydrogens (tertiary/aromatic N) is 1. The minimum atomic E-state index is -0.145. The minimum absolute atomic E-state index is 0.145. The fourth-order valence-corrected chi connectivity index (χ4v) is 3.74. The molecule has 1 saturated carbocycles. The predicted molar refractivity (Wildman–Crippen MR) is 78.8 cm³/mol. The summed E-state index contributed by atoms with van der Waals surface area (Å²) in [5.74, 6) is 0. The summed E-state index contributed by atoms with van der Waals surface area (Å²) in [7, 11) is 0.